The number of nitrogens with zero attached hydrogens (tertiary/aromatic N) is 5. The second-order valence-corrected chi connectivity index (χ2v) is 11.4. The molecule has 0 atom stereocenters. The molecule has 1 aromatic carbocycles. The number of rotatable bonds is 12. The summed E-state index contributed by atoms with van der Waals surface area (Å²) < 4.78 is 8.06. The number of pyridine rings is 2. The molecule has 1 fully saturated rings. The van der Waals surface area contributed by atoms with Crippen LogP contribution in [-0.4, -0.2) is 63.8 Å². The predicted octanol–water partition coefficient (Wildman–Crippen LogP) is 5.74. The van der Waals surface area contributed by atoms with Crippen molar-refractivity contribution in [3.63, 3.8) is 0 Å². The Morgan fingerprint density at radius 1 is 1.15 bits per heavy atom. The summed E-state index contributed by atoms with van der Waals surface area (Å²) in [6.45, 7) is 2.14. The molecule has 0 bridgehead atoms. The van der Waals surface area contributed by atoms with Crippen molar-refractivity contribution in [2.75, 3.05) is 32.5 Å². The first-order valence-corrected chi connectivity index (χ1v) is 14.7. The van der Waals surface area contributed by atoms with Crippen LogP contribution in [0.15, 0.2) is 59.3 Å². The molecule has 0 spiro atoms. The number of fused-ring (bicyclic) bond motifs is 1. The highest BCUT2D eigenvalue weighted by Crippen LogP contribution is 2.35. The van der Waals surface area contributed by atoms with E-state index >= 15 is 0 Å². The Bertz CT molecular complexity index is 1500. The maximum Gasteiger partial charge on any atom is 0.412 e. The van der Waals surface area contributed by atoms with Crippen LogP contribution in [-0.2, 0) is 6.54 Å². The van der Waals surface area contributed by atoms with Crippen molar-refractivity contribution in [3.8, 4) is 17.0 Å². The average Bonchev–Trinajstić information content (AvgIpc) is 3.74. The summed E-state index contributed by atoms with van der Waals surface area (Å²) in [7, 11) is 3.99. The third-order valence-corrected chi connectivity index (χ3v) is 7.51. The fourth-order valence-corrected chi connectivity index (χ4v) is 5.09. The van der Waals surface area contributed by atoms with Crippen LogP contribution in [0, 0.1) is 5.92 Å². The molecule has 41 heavy (non-hydrogen) atoms. The van der Waals surface area contributed by atoms with E-state index in [4.69, 9.17) is 14.8 Å². The highest BCUT2D eigenvalue weighted by Gasteiger charge is 2.22. The monoisotopic (exact) mass is 619 g/mol. The summed E-state index contributed by atoms with van der Waals surface area (Å²) in [4.78, 5) is 36.1. The van der Waals surface area contributed by atoms with Crippen molar-refractivity contribution in [2.45, 2.75) is 38.6 Å². The van der Waals surface area contributed by atoms with Crippen LogP contribution >= 0.6 is 15.9 Å². The maximum atomic E-state index is 12.9. The van der Waals surface area contributed by atoms with Crippen LogP contribution in [0.4, 0.5) is 10.6 Å². The third kappa shape index (κ3) is 7.68. The van der Waals surface area contributed by atoms with Crippen LogP contribution in [0.5, 0.6) is 5.75 Å². The van der Waals surface area contributed by atoms with Gasteiger partial charge in [-0.1, -0.05) is 12.8 Å². The van der Waals surface area contributed by atoms with Gasteiger partial charge in [0.1, 0.15) is 5.75 Å². The quantitative estimate of drug-likeness (QED) is 0.194. The summed E-state index contributed by atoms with van der Waals surface area (Å²) in [5.41, 5.74) is 2.73. The van der Waals surface area contributed by atoms with Crippen LogP contribution < -0.4 is 15.4 Å². The number of aryl methyl sites for hydroxylation is 1. The van der Waals surface area contributed by atoms with E-state index < -0.39 is 6.09 Å². The number of benzene rings is 1. The standard InChI is InChI=1S/C30H34BrN7O3/c1-37(2)16-5-15-33-30(40)41-23-12-10-21(11-13-23)26-25(31)18-24-27(35-29(39)22-7-3-14-32-19-22)36-38(28(24)34-26)17-4-6-20-8-9-20/h3,7,10-14,18-20H,4-6,8-9,15-17H2,1-2H3,(H,33,40)(H,35,36,39). The van der Waals surface area contributed by atoms with Gasteiger partial charge in [0, 0.05) is 35.5 Å². The maximum absolute atomic E-state index is 12.9. The Hall–Kier alpha value is -3.83. The van der Waals surface area contributed by atoms with E-state index in [-0.39, 0.29) is 5.91 Å². The summed E-state index contributed by atoms with van der Waals surface area (Å²) in [6, 6.07) is 12.6. The molecule has 0 aliphatic heterocycles. The van der Waals surface area contributed by atoms with Crippen molar-refractivity contribution < 1.29 is 14.3 Å². The number of carbonyl (C=O) groups is 2. The Labute approximate surface area is 247 Å². The first-order chi connectivity index (χ1) is 19.9. The highest BCUT2D eigenvalue weighted by molar-refractivity contribution is 9.10. The molecular weight excluding hydrogens is 586 g/mol. The van der Waals surface area contributed by atoms with Crippen molar-refractivity contribution in [2.24, 2.45) is 5.92 Å². The van der Waals surface area contributed by atoms with Crippen molar-refractivity contribution in [3.05, 3.63) is 64.9 Å². The predicted molar refractivity (Wildman–Crippen MR) is 162 cm³/mol. The second kappa shape index (κ2) is 13.2. The molecule has 0 radical (unpaired) electrons. The van der Waals surface area contributed by atoms with Gasteiger partial charge in [0.05, 0.1) is 16.6 Å². The Kier molecular flexibility index (Phi) is 9.25. The minimum atomic E-state index is -0.479. The first kappa shape index (κ1) is 28.7. The van der Waals surface area contributed by atoms with Crippen LogP contribution in [0.25, 0.3) is 22.3 Å². The summed E-state index contributed by atoms with van der Waals surface area (Å²) >= 11 is 3.67. The second-order valence-electron chi connectivity index (χ2n) is 10.5. The third-order valence-electron chi connectivity index (χ3n) is 6.90. The highest BCUT2D eigenvalue weighted by atomic mass is 79.9. The molecular formula is C30H34BrN7O3. The fraction of sp³-hybridized carbons (Fsp3) is 0.367. The lowest BCUT2D eigenvalue weighted by Gasteiger charge is -2.11. The Morgan fingerprint density at radius 3 is 2.66 bits per heavy atom. The van der Waals surface area contributed by atoms with Gasteiger partial charge >= 0.3 is 6.09 Å². The molecule has 3 heterocycles. The first-order valence-electron chi connectivity index (χ1n) is 13.9. The topological polar surface area (TPSA) is 114 Å². The van der Waals surface area contributed by atoms with E-state index in [0.717, 1.165) is 52.8 Å². The van der Waals surface area contributed by atoms with Gasteiger partial charge in [-0.05, 0) is 104 Å². The van der Waals surface area contributed by atoms with Crippen molar-refractivity contribution >= 4 is 44.8 Å². The number of aromatic nitrogens is 4. The van der Waals surface area contributed by atoms with E-state index in [9.17, 15) is 9.59 Å². The van der Waals surface area contributed by atoms with Crippen molar-refractivity contribution in [1.82, 2.24) is 30.0 Å². The number of amides is 2. The zero-order valence-corrected chi connectivity index (χ0v) is 24.9. The van der Waals surface area contributed by atoms with E-state index in [1.54, 1.807) is 30.5 Å². The molecule has 10 nitrogen and oxygen atoms in total. The number of anilines is 1. The van der Waals surface area contributed by atoms with Crippen LogP contribution in [0.3, 0.4) is 0 Å². The molecule has 2 amide bonds. The van der Waals surface area contributed by atoms with Crippen LogP contribution in [0.2, 0.25) is 0 Å². The van der Waals surface area contributed by atoms with Crippen LogP contribution in [0.1, 0.15) is 42.5 Å². The normalized spacial score (nSPS) is 13.0. The largest absolute Gasteiger partial charge is 0.412 e. The lowest BCUT2D eigenvalue weighted by atomic mass is 10.1. The minimum absolute atomic E-state index is 0.278. The number of nitrogens with one attached hydrogen (secondary N) is 2. The molecule has 214 valence electrons. The van der Waals surface area contributed by atoms with Gasteiger partial charge in [-0.15, -0.1) is 0 Å². The summed E-state index contributed by atoms with van der Waals surface area (Å²) in [6.07, 6.45) is 8.28. The van der Waals surface area contributed by atoms with Crippen molar-refractivity contribution in [1.29, 1.82) is 0 Å². The molecule has 5 rings (SSSR count). The number of hydrogen-bond acceptors (Lipinski definition) is 7. The van der Waals surface area contributed by atoms with Gasteiger partial charge in [0.15, 0.2) is 11.5 Å². The molecule has 0 unspecified atom stereocenters. The van der Waals surface area contributed by atoms with Gasteiger partial charge in [-0.3, -0.25) is 9.78 Å². The Balaban J connectivity index is 1.35. The molecule has 1 aliphatic rings. The van der Waals surface area contributed by atoms with E-state index in [2.05, 4.69) is 36.4 Å². The lowest BCUT2D eigenvalue weighted by Crippen LogP contribution is -2.29. The molecule has 0 saturated heterocycles. The van der Waals surface area contributed by atoms with Gasteiger partial charge in [-0.2, -0.15) is 5.10 Å². The number of hydrogen-bond donors (Lipinski definition) is 2. The smallest absolute Gasteiger partial charge is 0.410 e. The zero-order chi connectivity index (χ0) is 28.8. The molecule has 3 aromatic heterocycles. The fourth-order valence-electron chi connectivity index (χ4n) is 4.55. The molecule has 1 aliphatic carbocycles. The molecule has 2 N–H and O–H groups in total. The zero-order valence-electron chi connectivity index (χ0n) is 23.3. The summed E-state index contributed by atoms with van der Waals surface area (Å²) in [5.74, 6) is 1.45. The minimum Gasteiger partial charge on any atom is -0.410 e. The number of halogens is 1. The van der Waals surface area contributed by atoms with Gasteiger partial charge in [0.2, 0.25) is 0 Å². The van der Waals surface area contributed by atoms with Gasteiger partial charge in [-0.25, -0.2) is 14.5 Å². The number of ether oxygens (including phenoxy) is 1. The lowest BCUT2D eigenvalue weighted by molar-refractivity contribution is 0.102. The molecule has 1 saturated carbocycles. The summed E-state index contributed by atoms with van der Waals surface area (Å²) in [5, 5.41) is 11.2. The molecule has 11 heteroatoms. The molecule has 4 aromatic rings. The van der Waals surface area contributed by atoms with Gasteiger partial charge < -0.3 is 20.3 Å². The van der Waals surface area contributed by atoms with E-state index in [1.165, 1.54) is 19.0 Å². The Morgan fingerprint density at radius 2 is 1.95 bits per heavy atom. The van der Waals surface area contributed by atoms with E-state index in [0.29, 0.717) is 35.9 Å². The number of carbonyl (C=O) groups excluding carboxylic acids is 2. The van der Waals surface area contributed by atoms with E-state index in [1.807, 2.05) is 37.0 Å². The SMILES string of the molecule is CN(C)CCCNC(=O)Oc1ccc(-c2nc3c(cc2Br)c(NC(=O)c2cccnc2)nn3CCCC2CC2)cc1. The average molecular weight is 621 g/mol. The van der Waals surface area contributed by atoms with Gasteiger partial charge in [0.25, 0.3) is 5.91 Å².